The second kappa shape index (κ2) is 17.5. The van der Waals surface area contributed by atoms with Gasteiger partial charge >= 0.3 is 6.03 Å². The van der Waals surface area contributed by atoms with Crippen LogP contribution in [0, 0.1) is 0 Å². The Labute approximate surface area is 346 Å². The van der Waals surface area contributed by atoms with Crippen LogP contribution in [0.2, 0.25) is 15.1 Å². The number of aromatic nitrogens is 3. The quantitative estimate of drug-likeness (QED) is 0.106. The summed E-state index contributed by atoms with van der Waals surface area (Å²) in [6.07, 6.45) is 3.27. The number of amides is 3. The van der Waals surface area contributed by atoms with Gasteiger partial charge in [-0.3, -0.25) is 4.79 Å². The highest BCUT2D eigenvalue weighted by Gasteiger charge is 2.30. The zero-order valence-corrected chi connectivity index (χ0v) is 34.4. The summed E-state index contributed by atoms with van der Waals surface area (Å²) in [5, 5.41) is 8.71. The van der Waals surface area contributed by atoms with E-state index in [1.165, 1.54) is 4.90 Å². The fourth-order valence-electron chi connectivity index (χ4n) is 7.26. The number of nitrogens with one attached hydrogen (secondary N) is 3. The van der Waals surface area contributed by atoms with Gasteiger partial charge in [-0.1, -0.05) is 77.3 Å². The van der Waals surface area contributed by atoms with Crippen molar-refractivity contribution < 1.29 is 19.1 Å². The first-order valence-electron chi connectivity index (χ1n) is 18.7. The molecule has 1 aliphatic rings. The summed E-state index contributed by atoms with van der Waals surface area (Å²) >= 11 is 19.6. The Morgan fingerprint density at radius 1 is 0.947 bits per heavy atom. The van der Waals surface area contributed by atoms with E-state index in [2.05, 4.69) is 20.5 Å². The Morgan fingerprint density at radius 2 is 1.68 bits per heavy atom. The van der Waals surface area contributed by atoms with Gasteiger partial charge < -0.3 is 39.5 Å². The molecule has 296 valence electrons. The van der Waals surface area contributed by atoms with E-state index >= 15 is 0 Å². The number of H-pyrrole nitrogens is 1. The van der Waals surface area contributed by atoms with Crippen LogP contribution in [0.5, 0.6) is 5.75 Å². The lowest BCUT2D eigenvalue weighted by atomic mass is 9.99. The van der Waals surface area contributed by atoms with Crippen molar-refractivity contribution in [2.24, 2.45) is 0 Å². The summed E-state index contributed by atoms with van der Waals surface area (Å²) in [6.45, 7) is 4.14. The predicted octanol–water partition coefficient (Wildman–Crippen LogP) is 9.79. The molecule has 3 amide bonds. The van der Waals surface area contributed by atoms with E-state index in [-0.39, 0.29) is 24.0 Å². The highest BCUT2D eigenvalue weighted by Crippen LogP contribution is 2.43. The van der Waals surface area contributed by atoms with Crippen molar-refractivity contribution in [3.05, 3.63) is 118 Å². The van der Waals surface area contributed by atoms with Crippen LogP contribution in [0.15, 0.2) is 91.3 Å². The Balaban J connectivity index is 1.32. The molecule has 0 aliphatic carbocycles. The zero-order valence-electron chi connectivity index (χ0n) is 32.1. The minimum Gasteiger partial charge on any atom is -0.491 e. The number of piperidine rings is 1. The largest absolute Gasteiger partial charge is 0.491 e. The van der Waals surface area contributed by atoms with Gasteiger partial charge in [-0.15, -0.1) is 0 Å². The van der Waals surface area contributed by atoms with E-state index in [1.807, 2.05) is 90.4 Å². The van der Waals surface area contributed by atoms with E-state index in [1.54, 1.807) is 33.6 Å². The van der Waals surface area contributed by atoms with Crippen molar-refractivity contribution in [3.8, 4) is 28.3 Å². The Morgan fingerprint density at radius 3 is 2.40 bits per heavy atom. The van der Waals surface area contributed by atoms with E-state index < -0.39 is 0 Å². The molecule has 0 saturated carbocycles. The van der Waals surface area contributed by atoms with Crippen molar-refractivity contribution >= 4 is 69.0 Å². The molecule has 6 aromatic rings. The van der Waals surface area contributed by atoms with Crippen molar-refractivity contribution in [1.82, 2.24) is 24.8 Å². The average molecular weight is 829 g/mol. The predicted molar refractivity (Wildman–Crippen MR) is 229 cm³/mol. The van der Waals surface area contributed by atoms with Crippen LogP contribution in [0.3, 0.4) is 0 Å². The molecule has 1 saturated heterocycles. The number of carbonyl (C=O) groups excluding carboxylic acids is 2. The lowest BCUT2D eigenvalue weighted by molar-refractivity contribution is 0.102. The molecule has 1 fully saturated rings. The third kappa shape index (κ3) is 8.72. The van der Waals surface area contributed by atoms with Gasteiger partial charge in [-0.2, -0.15) is 0 Å². The highest BCUT2D eigenvalue weighted by molar-refractivity contribution is 6.35. The van der Waals surface area contributed by atoms with E-state index in [0.717, 1.165) is 40.7 Å². The number of methoxy groups -OCH3 is 1. The van der Waals surface area contributed by atoms with Crippen LogP contribution in [-0.2, 0) is 4.74 Å². The van der Waals surface area contributed by atoms with Crippen molar-refractivity contribution in [2.75, 3.05) is 57.7 Å². The number of benzene rings is 4. The number of aromatic amines is 1. The van der Waals surface area contributed by atoms with Crippen molar-refractivity contribution in [3.63, 3.8) is 0 Å². The smallest absolute Gasteiger partial charge is 0.317 e. The number of halogens is 3. The number of hydrogen-bond acceptors (Lipinski definition) is 6. The summed E-state index contributed by atoms with van der Waals surface area (Å²) in [5.41, 5.74) is 6.20. The molecule has 2 aromatic heterocycles. The number of nitrogens with zero attached hydrogens (tertiary/aromatic N) is 4. The molecule has 0 radical (unpaired) electrons. The molecule has 4 aromatic carbocycles. The van der Waals surface area contributed by atoms with E-state index in [4.69, 9.17) is 49.3 Å². The normalized spacial score (nSPS) is 13.8. The molecular weight excluding hydrogens is 785 g/mol. The number of urea groups is 1. The molecule has 14 heteroatoms. The van der Waals surface area contributed by atoms with Crippen molar-refractivity contribution in [1.29, 1.82) is 0 Å². The number of imidazole rings is 1. The molecule has 0 spiro atoms. The molecule has 3 heterocycles. The number of rotatable bonds is 12. The van der Waals surface area contributed by atoms with Gasteiger partial charge in [0.1, 0.15) is 18.1 Å². The minimum atomic E-state index is -0.371. The molecule has 3 N–H and O–H groups in total. The summed E-state index contributed by atoms with van der Waals surface area (Å²) < 4.78 is 13.3. The van der Waals surface area contributed by atoms with Crippen LogP contribution in [0.25, 0.3) is 33.4 Å². The maximum atomic E-state index is 14.9. The van der Waals surface area contributed by atoms with Crippen LogP contribution in [0.1, 0.15) is 41.9 Å². The van der Waals surface area contributed by atoms with Crippen LogP contribution in [-0.4, -0.2) is 84.9 Å². The molecule has 0 bridgehead atoms. The zero-order chi connectivity index (χ0) is 40.2. The van der Waals surface area contributed by atoms with Crippen molar-refractivity contribution in [2.45, 2.75) is 31.8 Å². The first kappa shape index (κ1) is 40.0. The fraction of sp³-hybridized carbons (Fsp3) is 0.279. The molecule has 7 rings (SSSR count). The monoisotopic (exact) mass is 827 g/mol. The van der Waals surface area contributed by atoms with Crippen LogP contribution < -0.4 is 20.3 Å². The lowest BCUT2D eigenvalue weighted by Gasteiger charge is -2.35. The fourth-order valence-corrected chi connectivity index (χ4v) is 8.00. The second-order valence-corrected chi connectivity index (χ2v) is 15.5. The second-order valence-electron chi connectivity index (χ2n) is 14.2. The topological polar surface area (TPSA) is 117 Å². The molecule has 1 aliphatic heterocycles. The summed E-state index contributed by atoms with van der Waals surface area (Å²) in [4.78, 5) is 39.5. The summed E-state index contributed by atoms with van der Waals surface area (Å²) in [6, 6.07) is 26.2. The average Bonchev–Trinajstić information content (AvgIpc) is 3.80. The van der Waals surface area contributed by atoms with Gasteiger partial charge in [0.15, 0.2) is 0 Å². The van der Waals surface area contributed by atoms with Gasteiger partial charge in [0.2, 0.25) is 0 Å². The Bertz CT molecular complexity index is 2390. The number of carbonyl (C=O) groups is 2. The minimum absolute atomic E-state index is 0.0420. The SMILES string of the molecule is COCCOc1ccc(N2CCC(NC(=O)N(C)C)CC2)c(NC(=O)c2[nH]c3cc(Cl)ccc3c2-c2c(-c3ccccc3)ncn2C(C)c2ccc(Cl)cc2Cl)c1. The third-order valence-electron chi connectivity index (χ3n) is 10.2. The summed E-state index contributed by atoms with van der Waals surface area (Å²) in [7, 11) is 5.08. The maximum Gasteiger partial charge on any atom is 0.317 e. The van der Waals surface area contributed by atoms with E-state index in [0.29, 0.717) is 75.3 Å². The highest BCUT2D eigenvalue weighted by atomic mass is 35.5. The van der Waals surface area contributed by atoms with Gasteiger partial charge in [0.25, 0.3) is 5.91 Å². The first-order valence-corrected chi connectivity index (χ1v) is 19.8. The summed E-state index contributed by atoms with van der Waals surface area (Å²) in [5.74, 6) is 0.214. The third-order valence-corrected chi connectivity index (χ3v) is 11.0. The number of fused-ring (bicyclic) bond motifs is 1. The lowest BCUT2D eigenvalue weighted by Crippen LogP contribution is -2.47. The maximum absolute atomic E-state index is 14.9. The van der Waals surface area contributed by atoms with Gasteiger partial charge in [-0.05, 0) is 61.7 Å². The van der Waals surface area contributed by atoms with Crippen LogP contribution >= 0.6 is 34.8 Å². The Kier molecular flexibility index (Phi) is 12.3. The van der Waals surface area contributed by atoms with Crippen LogP contribution in [0.4, 0.5) is 16.2 Å². The van der Waals surface area contributed by atoms with E-state index in [9.17, 15) is 9.59 Å². The molecule has 1 unspecified atom stereocenters. The van der Waals surface area contributed by atoms with Gasteiger partial charge in [-0.25, -0.2) is 9.78 Å². The molecular formula is C43H44Cl3N7O4. The first-order chi connectivity index (χ1) is 27.5. The number of ether oxygens (including phenoxy) is 2. The molecule has 57 heavy (non-hydrogen) atoms. The van der Waals surface area contributed by atoms with Gasteiger partial charge in [0.05, 0.1) is 41.7 Å². The van der Waals surface area contributed by atoms with Gasteiger partial charge in [0, 0.05) is 83.5 Å². The Hall–Kier alpha value is -5.20. The molecule has 11 nitrogen and oxygen atoms in total. The standard InChI is InChI=1S/C43H44Cl3N7O4/c1-26(32-13-10-28(44)22-34(32)46)53-25-47-39(27-8-6-5-7-9-27)41(53)38-33-14-11-29(45)23-35(33)49-40(38)42(54)50-36-24-31(57-21-20-56-4)12-15-37(36)52-18-16-30(17-19-52)48-43(55)51(2)3/h5-15,22-26,30,49H,16-21H2,1-4H3,(H,48,55)(H,50,54). The number of anilines is 2. The number of hydrogen-bond donors (Lipinski definition) is 3. The molecule has 1 atom stereocenters.